The Balaban J connectivity index is 1.13. The molecule has 1 atom stereocenters. The summed E-state index contributed by atoms with van der Waals surface area (Å²) in [6, 6.07) is 6.33. The second kappa shape index (κ2) is 8.45. The zero-order valence-electron chi connectivity index (χ0n) is 17.2. The molecule has 30 heavy (non-hydrogen) atoms. The monoisotopic (exact) mass is 408 g/mol. The Labute approximate surface area is 175 Å². The van der Waals surface area contributed by atoms with Gasteiger partial charge in [0.2, 0.25) is 11.6 Å². The van der Waals surface area contributed by atoms with Crippen molar-refractivity contribution < 1.29 is 9.21 Å². The average molecular weight is 409 g/mol. The molecule has 8 nitrogen and oxygen atoms in total. The van der Waals surface area contributed by atoms with Gasteiger partial charge >= 0.3 is 0 Å². The first-order chi connectivity index (χ1) is 14.7. The third kappa shape index (κ3) is 4.17. The lowest BCUT2D eigenvalue weighted by Crippen LogP contribution is -2.42. The zero-order valence-corrected chi connectivity index (χ0v) is 17.2. The van der Waals surface area contributed by atoms with Crippen molar-refractivity contribution in [2.75, 3.05) is 31.1 Å². The van der Waals surface area contributed by atoms with Crippen LogP contribution in [0, 0.1) is 11.8 Å². The van der Waals surface area contributed by atoms with Gasteiger partial charge in [-0.05, 0) is 55.7 Å². The van der Waals surface area contributed by atoms with Gasteiger partial charge in [0, 0.05) is 57.7 Å². The maximum Gasteiger partial charge on any atom is 0.299 e. The van der Waals surface area contributed by atoms with E-state index in [4.69, 9.17) is 4.42 Å². The van der Waals surface area contributed by atoms with Gasteiger partial charge in [0.25, 0.3) is 6.01 Å². The summed E-state index contributed by atoms with van der Waals surface area (Å²) in [5.41, 5.74) is 1.35. The van der Waals surface area contributed by atoms with Crippen molar-refractivity contribution in [2.24, 2.45) is 11.8 Å². The standard InChI is InChI=1S/C22H28N6O2/c29-20(26-12-6-17(7-13-26)16-28-11-3-9-24-28)14-18-4-2-10-27(15-18)22-25-21-19(30-22)5-1-8-23-21/h1,3,5,8-9,11,17-18H,2,4,6-7,10,12-16H2. The van der Waals surface area contributed by atoms with Crippen LogP contribution in [-0.2, 0) is 11.3 Å². The Kier molecular flexibility index (Phi) is 5.38. The fraction of sp³-hybridized carbons (Fsp3) is 0.545. The van der Waals surface area contributed by atoms with Crippen LogP contribution in [0.25, 0.3) is 11.2 Å². The normalized spacial score (nSPS) is 20.7. The van der Waals surface area contributed by atoms with Crippen LogP contribution in [-0.4, -0.2) is 56.7 Å². The maximum absolute atomic E-state index is 12.9. The number of aromatic nitrogens is 4. The van der Waals surface area contributed by atoms with Crippen molar-refractivity contribution in [1.82, 2.24) is 24.6 Å². The third-order valence-corrected chi connectivity index (χ3v) is 6.38. The van der Waals surface area contributed by atoms with E-state index in [1.165, 1.54) is 0 Å². The summed E-state index contributed by atoms with van der Waals surface area (Å²) in [6.45, 7) is 4.40. The summed E-state index contributed by atoms with van der Waals surface area (Å²) < 4.78 is 7.88. The number of anilines is 1. The molecule has 0 N–H and O–H groups in total. The lowest BCUT2D eigenvalue weighted by atomic mass is 9.92. The molecule has 1 amide bonds. The minimum absolute atomic E-state index is 0.290. The van der Waals surface area contributed by atoms with E-state index in [0.29, 0.717) is 41.4 Å². The van der Waals surface area contributed by atoms with Crippen molar-refractivity contribution in [3.63, 3.8) is 0 Å². The Hall–Kier alpha value is -2.90. The quantitative estimate of drug-likeness (QED) is 0.646. The molecule has 3 aromatic heterocycles. The highest BCUT2D eigenvalue weighted by molar-refractivity contribution is 5.76. The van der Waals surface area contributed by atoms with Gasteiger partial charge in [-0.15, -0.1) is 0 Å². The van der Waals surface area contributed by atoms with E-state index in [1.54, 1.807) is 6.20 Å². The number of rotatable bonds is 5. The fourth-order valence-corrected chi connectivity index (χ4v) is 4.71. The molecule has 8 heteroatoms. The Morgan fingerprint density at radius 3 is 2.80 bits per heavy atom. The highest BCUT2D eigenvalue weighted by Gasteiger charge is 2.29. The van der Waals surface area contributed by atoms with Crippen LogP contribution >= 0.6 is 0 Å². The molecule has 2 aliphatic rings. The molecule has 0 radical (unpaired) electrons. The van der Waals surface area contributed by atoms with Gasteiger partial charge in [-0.2, -0.15) is 10.1 Å². The molecule has 158 valence electrons. The number of nitrogens with zero attached hydrogens (tertiary/aromatic N) is 6. The van der Waals surface area contributed by atoms with Crippen molar-refractivity contribution >= 4 is 23.2 Å². The van der Waals surface area contributed by atoms with E-state index >= 15 is 0 Å². The Morgan fingerprint density at radius 1 is 1.10 bits per heavy atom. The number of carbonyl (C=O) groups is 1. The van der Waals surface area contributed by atoms with Gasteiger partial charge in [0.1, 0.15) is 0 Å². The van der Waals surface area contributed by atoms with Crippen LogP contribution < -0.4 is 4.90 Å². The molecular formula is C22H28N6O2. The molecule has 2 saturated heterocycles. The lowest BCUT2D eigenvalue weighted by Gasteiger charge is -2.35. The second-order valence-electron chi connectivity index (χ2n) is 8.53. The molecule has 0 bridgehead atoms. The van der Waals surface area contributed by atoms with Gasteiger partial charge in [-0.25, -0.2) is 4.98 Å². The SMILES string of the molecule is O=C(CC1CCCN(c2nc3ncccc3o2)C1)N1CCC(Cn2cccn2)CC1. The van der Waals surface area contributed by atoms with E-state index in [0.717, 1.165) is 58.4 Å². The van der Waals surface area contributed by atoms with Gasteiger partial charge in [-0.3, -0.25) is 9.48 Å². The number of oxazole rings is 1. The summed E-state index contributed by atoms with van der Waals surface area (Å²) in [6.07, 6.45) is 10.4. The highest BCUT2D eigenvalue weighted by Crippen LogP contribution is 2.28. The minimum Gasteiger partial charge on any atom is -0.422 e. The Bertz CT molecular complexity index is 944. The van der Waals surface area contributed by atoms with Crippen LogP contribution in [0.3, 0.4) is 0 Å². The van der Waals surface area contributed by atoms with E-state index in [9.17, 15) is 4.79 Å². The zero-order chi connectivity index (χ0) is 20.3. The topological polar surface area (TPSA) is 80.3 Å². The number of pyridine rings is 1. The first-order valence-corrected chi connectivity index (χ1v) is 11.0. The molecule has 5 rings (SSSR count). The van der Waals surface area contributed by atoms with Crippen molar-refractivity contribution in [3.8, 4) is 0 Å². The van der Waals surface area contributed by atoms with Gasteiger partial charge in [-0.1, -0.05) is 0 Å². The van der Waals surface area contributed by atoms with Crippen molar-refractivity contribution in [1.29, 1.82) is 0 Å². The van der Waals surface area contributed by atoms with E-state index in [2.05, 4.69) is 24.9 Å². The van der Waals surface area contributed by atoms with Crippen molar-refractivity contribution in [2.45, 2.75) is 38.6 Å². The van der Waals surface area contributed by atoms with Crippen molar-refractivity contribution in [3.05, 3.63) is 36.8 Å². The van der Waals surface area contributed by atoms with E-state index in [1.807, 2.05) is 35.3 Å². The summed E-state index contributed by atoms with van der Waals surface area (Å²) in [4.78, 5) is 25.9. The third-order valence-electron chi connectivity index (χ3n) is 6.38. The number of fused-ring (bicyclic) bond motifs is 1. The molecular weight excluding hydrogens is 380 g/mol. The number of amides is 1. The molecule has 0 aliphatic carbocycles. The minimum atomic E-state index is 0.290. The van der Waals surface area contributed by atoms with E-state index < -0.39 is 0 Å². The van der Waals surface area contributed by atoms with Crippen LogP contribution in [0.5, 0.6) is 0 Å². The van der Waals surface area contributed by atoms with Crippen LogP contribution in [0.4, 0.5) is 6.01 Å². The van der Waals surface area contributed by atoms with Crippen LogP contribution in [0.1, 0.15) is 32.1 Å². The molecule has 2 fully saturated rings. The first-order valence-electron chi connectivity index (χ1n) is 11.0. The fourth-order valence-electron chi connectivity index (χ4n) is 4.71. The summed E-state index contributed by atoms with van der Waals surface area (Å²) >= 11 is 0. The summed E-state index contributed by atoms with van der Waals surface area (Å²) in [5, 5.41) is 4.30. The molecule has 3 aromatic rings. The second-order valence-corrected chi connectivity index (χ2v) is 8.53. The number of hydrogen-bond acceptors (Lipinski definition) is 6. The van der Waals surface area contributed by atoms with E-state index in [-0.39, 0.29) is 0 Å². The number of carbonyl (C=O) groups excluding carboxylic acids is 1. The first kappa shape index (κ1) is 19.1. The molecule has 1 unspecified atom stereocenters. The van der Waals surface area contributed by atoms with Crippen LogP contribution in [0.2, 0.25) is 0 Å². The highest BCUT2D eigenvalue weighted by atomic mass is 16.4. The Morgan fingerprint density at radius 2 is 2.00 bits per heavy atom. The van der Waals surface area contributed by atoms with Crippen LogP contribution in [0.15, 0.2) is 41.2 Å². The van der Waals surface area contributed by atoms with Gasteiger partial charge in [0.05, 0.1) is 0 Å². The molecule has 0 spiro atoms. The predicted octanol–water partition coefficient (Wildman–Crippen LogP) is 2.96. The lowest BCUT2D eigenvalue weighted by molar-refractivity contribution is -0.133. The molecule has 0 aromatic carbocycles. The predicted molar refractivity (Wildman–Crippen MR) is 113 cm³/mol. The smallest absolute Gasteiger partial charge is 0.299 e. The van der Waals surface area contributed by atoms with Gasteiger partial charge in [0.15, 0.2) is 5.58 Å². The van der Waals surface area contributed by atoms with Gasteiger partial charge < -0.3 is 14.2 Å². The number of likely N-dealkylation sites (tertiary alicyclic amines) is 1. The largest absolute Gasteiger partial charge is 0.422 e. The average Bonchev–Trinajstić information content (AvgIpc) is 3.44. The number of hydrogen-bond donors (Lipinski definition) is 0. The summed E-state index contributed by atoms with van der Waals surface area (Å²) in [7, 11) is 0. The molecule has 5 heterocycles. The summed E-state index contributed by atoms with van der Waals surface area (Å²) in [5.74, 6) is 1.24. The maximum atomic E-state index is 12.9. The molecule has 2 aliphatic heterocycles. The number of piperidine rings is 2. The molecule has 0 saturated carbocycles.